The highest BCUT2D eigenvalue weighted by Gasteiger charge is 2.13. The van der Waals surface area contributed by atoms with E-state index >= 15 is 0 Å². The molecule has 0 aliphatic carbocycles. The van der Waals surface area contributed by atoms with E-state index in [-0.39, 0.29) is 12.5 Å². The van der Waals surface area contributed by atoms with Gasteiger partial charge in [-0.3, -0.25) is 9.36 Å². The Morgan fingerprint density at radius 3 is 3.00 bits per heavy atom. The molecule has 2 heterocycles. The lowest BCUT2D eigenvalue weighted by molar-refractivity contribution is -0.116. The zero-order valence-corrected chi connectivity index (χ0v) is 12.4. The number of nitrogens with one attached hydrogen (secondary N) is 1. The number of amides is 1. The van der Waals surface area contributed by atoms with Gasteiger partial charge in [-0.05, 0) is 28.1 Å². The Morgan fingerprint density at radius 1 is 1.45 bits per heavy atom. The summed E-state index contributed by atoms with van der Waals surface area (Å²) in [5, 5.41) is 3.10. The molecule has 0 bridgehead atoms. The fourth-order valence-electron chi connectivity index (χ4n) is 1.78. The van der Waals surface area contributed by atoms with Crippen LogP contribution >= 0.6 is 27.3 Å². The highest BCUT2D eigenvalue weighted by Crippen LogP contribution is 2.23. The van der Waals surface area contributed by atoms with Gasteiger partial charge in [-0.25, -0.2) is 9.78 Å². The summed E-state index contributed by atoms with van der Waals surface area (Å²) in [4.78, 5) is 27.6. The van der Waals surface area contributed by atoms with Gasteiger partial charge < -0.3 is 9.73 Å². The van der Waals surface area contributed by atoms with Crippen molar-refractivity contribution in [3.63, 3.8) is 0 Å². The van der Waals surface area contributed by atoms with Crippen molar-refractivity contribution in [3.05, 3.63) is 44.8 Å². The van der Waals surface area contributed by atoms with Gasteiger partial charge in [0.2, 0.25) is 5.91 Å². The van der Waals surface area contributed by atoms with Gasteiger partial charge in [-0.2, -0.15) is 0 Å². The van der Waals surface area contributed by atoms with Crippen LogP contribution < -0.4 is 11.1 Å². The Kier molecular flexibility index (Phi) is 3.41. The summed E-state index contributed by atoms with van der Waals surface area (Å²) < 4.78 is 7.16. The summed E-state index contributed by atoms with van der Waals surface area (Å²) in [5.41, 5.74) is 1.05. The van der Waals surface area contributed by atoms with Crippen molar-refractivity contribution in [2.75, 3.05) is 5.32 Å². The molecule has 0 aliphatic heterocycles. The second kappa shape index (κ2) is 5.22. The van der Waals surface area contributed by atoms with Gasteiger partial charge in [0.05, 0.1) is 15.5 Å². The van der Waals surface area contributed by atoms with E-state index in [0.717, 1.165) is 3.79 Å². The normalized spacial score (nSPS) is 10.8. The van der Waals surface area contributed by atoms with Gasteiger partial charge in [0.1, 0.15) is 6.54 Å². The van der Waals surface area contributed by atoms with Crippen LogP contribution in [0, 0.1) is 0 Å². The first-order chi connectivity index (χ1) is 9.63. The maximum atomic E-state index is 11.9. The minimum absolute atomic E-state index is 0.118. The molecule has 20 heavy (non-hydrogen) atoms. The Labute approximate surface area is 125 Å². The molecule has 3 rings (SSSR count). The summed E-state index contributed by atoms with van der Waals surface area (Å²) in [6, 6.07) is 6.96. The van der Waals surface area contributed by atoms with E-state index in [9.17, 15) is 9.59 Å². The SMILES string of the molecule is O=C(Cn1c(=O)oc2ccccc21)Nc1ncc(Br)s1. The Balaban J connectivity index is 1.84. The number of carbonyl (C=O) groups is 1. The molecule has 0 radical (unpaired) electrons. The molecule has 3 aromatic rings. The van der Waals surface area contributed by atoms with Crippen molar-refractivity contribution >= 4 is 49.4 Å². The lowest BCUT2D eigenvalue weighted by atomic mass is 10.3. The maximum absolute atomic E-state index is 11.9. The molecular weight excluding hydrogens is 346 g/mol. The van der Waals surface area contributed by atoms with E-state index in [4.69, 9.17) is 4.42 Å². The fraction of sp³-hybridized carbons (Fsp3) is 0.0833. The second-order valence-corrected chi connectivity index (χ2v) is 6.35. The molecule has 0 unspecified atom stereocenters. The molecule has 0 aliphatic rings. The van der Waals surface area contributed by atoms with E-state index in [1.54, 1.807) is 30.5 Å². The van der Waals surface area contributed by atoms with Crippen LogP contribution in [0.4, 0.5) is 5.13 Å². The monoisotopic (exact) mass is 353 g/mol. The molecule has 6 nitrogen and oxygen atoms in total. The second-order valence-electron chi connectivity index (χ2n) is 3.94. The predicted molar refractivity (Wildman–Crippen MR) is 78.9 cm³/mol. The van der Waals surface area contributed by atoms with Crippen LogP contribution in [0.3, 0.4) is 0 Å². The smallest absolute Gasteiger partial charge is 0.408 e. The standard InChI is InChI=1S/C12H8BrN3O3S/c13-9-5-14-11(20-9)15-10(17)6-16-7-3-1-2-4-8(7)19-12(16)18/h1-5H,6H2,(H,14,15,17). The van der Waals surface area contributed by atoms with Crippen molar-refractivity contribution in [2.24, 2.45) is 0 Å². The number of thiazole rings is 1. The average Bonchev–Trinajstić information content (AvgIpc) is 2.94. The average molecular weight is 354 g/mol. The molecule has 1 amide bonds. The number of benzene rings is 1. The lowest BCUT2D eigenvalue weighted by Crippen LogP contribution is -2.24. The molecule has 1 N–H and O–H groups in total. The number of halogens is 1. The number of oxazole rings is 1. The number of hydrogen-bond acceptors (Lipinski definition) is 5. The van der Waals surface area contributed by atoms with Crippen LogP contribution in [0.5, 0.6) is 0 Å². The Bertz CT molecular complexity index is 836. The summed E-state index contributed by atoms with van der Waals surface area (Å²) in [6.07, 6.45) is 1.60. The zero-order chi connectivity index (χ0) is 14.1. The van der Waals surface area contributed by atoms with Crippen LogP contribution in [0.1, 0.15) is 0 Å². The third-order valence-electron chi connectivity index (χ3n) is 2.60. The lowest BCUT2D eigenvalue weighted by Gasteiger charge is -2.02. The van der Waals surface area contributed by atoms with Gasteiger partial charge in [-0.15, -0.1) is 0 Å². The Morgan fingerprint density at radius 2 is 2.25 bits per heavy atom. The van der Waals surface area contributed by atoms with Gasteiger partial charge in [0.25, 0.3) is 0 Å². The summed E-state index contributed by atoms with van der Waals surface area (Å²) in [5.74, 6) is -0.887. The number of para-hydroxylation sites is 2. The molecule has 8 heteroatoms. The quantitative estimate of drug-likeness (QED) is 0.784. The molecule has 0 atom stereocenters. The first-order valence-corrected chi connectivity index (χ1v) is 7.24. The van der Waals surface area contributed by atoms with Gasteiger partial charge in [0, 0.05) is 0 Å². The van der Waals surface area contributed by atoms with Gasteiger partial charge in [0.15, 0.2) is 10.7 Å². The van der Waals surface area contributed by atoms with E-state index in [1.807, 2.05) is 0 Å². The zero-order valence-electron chi connectivity index (χ0n) is 10.00. The van der Waals surface area contributed by atoms with E-state index < -0.39 is 5.76 Å². The van der Waals surface area contributed by atoms with Crippen molar-refractivity contribution in [1.29, 1.82) is 0 Å². The number of nitrogens with zero attached hydrogens (tertiary/aromatic N) is 2. The Hall–Kier alpha value is -1.93. The highest BCUT2D eigenvalue weighted by molar-refractivity contribution is 9.11. The van der Waals surface area contributed by atoms with Crippen molar-refractivity contribution < 1.29 is 9.21 Å². The number of aromatic nitrogens is 2. The van der Waals surface area contributed by atoms with Gasteiger partial charge >= 0.3 is 5.76 Å². The number of anilines is 1. The van der Waals surface area contributed by atoms with E-state index in [1.165, 1.54) is 15.9 Å². The van der Waals surface area contributed by atoms with Crippen LogP contribution in [-0.2, 0) is 11.3 Å². The molecule has 0 saturated carbocycles. The molecule has 102 valence electrons. The predicted octanol–water partition coefficient (Wildman–Crippen LogP) is 2.45. The number of fused-ring (bicyclic) bond motifs is 1. The molecule has 0 spiro atoms. The number of carbonyl (C=O) groups excluding carboxylic acids is 1. The molecule has 1 aromatic carbocycles. The van der Waals surface area contributed by atoms with Crippen molar-refractivity contribution in [3.8, 4) is 0 Å². The largest absolute Gasteiger partial charge is 0.420 e. The van der Waals surface area contributed by atoms with Crippen LogP contribution in [-0.4, -0.2) is 15.5 Å². The van der Waals surface area contributed by atoms with Crippen molar-refractivity contribution in [1.82, 2.24) is 9.55 Å². The number of rotatable bonds is 3. The third kappa shape index (κ3) is 2.52. The van der Waals surface area contributed by atoms with Crippen molar-refractivity contribution in [2.45, 2.75) is 6.54 Å². The van der Waals surface area contributed by atoms with Crippen LogP contribution in [0.15, 0.2) is 43.5 Å². The fourth-order valence-corrected chi connectivity index (χ4v) is 2.90. The minimum Gasteiger partial charge on any atom is -0.408 e. The summed E-state index contributed by atoms with van der Waals surface area (Å²) >= 11 is 4.56. The van der Waals surface area contributed by atoms with Crippen LogP contribution in [0.25, 0.3) is 11.1 Å². The molecule has 2 aromatic heterocycles. The number of hydrogen-bond donors (Lipinski definition) is 1. The van der Waals surface area contributed by atoms with E-state index in [0.29, 0.717) is 16.2 Å². The molecule has 0 saturated heterocycles. The topological polar surface area (TPSA) is 77.1 Å². The molecular formula is C12H8BrN3O3S. The first kappa shape index (κ1) is 13.1. The molecule has 0 fully saturated rings. The first-order valence-electron chi connectivity index (χ1n) is 5.63. The summed E-state index contributed by atoms with van der Waals surface area (Å²) in [6.45, 7) is -0.118. The van der Waals surface area contributed by atoms with Gasteiger partial charge in [-0.1, -0.05) is 23.5 Å². The maximum Gasteiger partial charge on any atom is 0.420 e. The van der Waals surface area contributed by atoms with Crippen LogP contribution in [0.2, 0.25) is 0 Å². The highest BCUT2D eigenvalue weighted by atomic mass is 79.9. The third-order valence-corrected chi connectivity index (χ3v) is 3.99. The van der Waals surface area contributed by atoms with E-state index in [2.05, 4.69) is 26.2 Å². The minimum atomic E-state index is -0.554. The summed E-state index contributed by atoms with van der Waals surface area (Å²) in [7, 11) is 0.